The molecule has 0 amide bonds. The summed E-state index contributed by atoms with van der Waals surface area (Å²) in [6.45, 7) is 1.73. The van der Waals surface area contributed by atoms with Crippen LogP contribution >= 0.6 is 11.6 Å². The highest BCUT2D eigenvalue weighted by molar-refractivity contribution is 7.89. The lowest BCUT2D eigenvalue weighted by molar-refractivity contribution is 0.566. The molecule has 0 saturated carbocycles. The van der Waals surface area contributed by atoms with E-state index in [0.717, 1.165) is 17.7 Å². The fourth-order valence-electron chi connectivity index (χ4n) is 1.75. The third kappa shape index (κ3) is 3.36. The number of nitrogens with one attached hydrogen (secondary N) is 1. The van der Waals surface area contributed by atoms with Crippen LogP contribution in [0, 0.1) is 5.82 Å². The Morgan fingerprint density at radius 1 is 1.15 bits per heavy atom. The maximum absolute atomic E-state index is 13.1. The summed E-state index contributed by atoms with van der Waals surface area (Å²) in [4.78, 5) is -0.0633. The smallest absolute Gasteiger partial charge is 0.207 e. The molecule has 0 unspecified atom stereocenters. The zero-order valence-electron chi connectivity index (χ0n) is 10.7. The van der Waals surface area contributed by atoms with Crippen molar-refractivity contribution in [2.45, 2.75) is 17.9 Å². The Bertz CT molecular complexity index is 704. The van der Waals surface area contributed by atoms with Crippen LogP contribution in [0.3, 0.4) is 0 Å². The predicted octanol–water partition coefficient (Wildman–Crippen LogP) is 3.52. The van der Waals surface area contributed by atoms with Gasteiger partial charge < -0.3 is 0 Å². The second kappa shape index (κ2) is 5.91. The van der Waals surface area contributed by atoms with Gasteiger partial charge in [0.2, 0.25) is 10.0 Å². The highest BCUT2D eigenvalue weighted by Gasteiger charge is 2.19. The predicted molar refractivity (Wildman–Crippen MR) is 76.6 cm³/mol. The Hall–Kier alpha value is -1.43. The van der Waals surface area contributed by atoms with E-state index in [0.29, 0.717) is 0 Å². The van der Waals surface area contributed by atoms with E-state index in [-0.39, 0.29) is 9.92 Å². The first-order valence-electron chi connectivity index (χ1n) is 5.92. The van der Waals surface area contributed by atoms with Crippen LogP contribution < -0.4 is 4.72 Å². The standard InChI is InChI=1S/C14H13ClFNO2S/c1-10(11-5-3-2-4-6-11)17-20(18,19)12-7-8-14(16)13(15)9-12/h2-10,17H,1H3/t10-/m1/s1. The van der Waals surface area contributed by atoms with Gasteiger partial charge in [-0.25, -0.2) is 17.5 Å². The van der Waals surface area contributed by atoms with Gasteiger partial charge in [-0.2, -0.15) is 0 Å². The molecule has 3 nitrogen and oxygen atoms in total. The van der Waals surface area contributed by atoms with E-state index in [9.17, 15) is 12.8 Å². The molecule has 0 aliphatic heterocycles. The number of benzene rings is 2. The van der Waals surface area contributed by atoms with E-state index in [1.165, 1.54) is 6.07 Å². The quantitative estimate of drug-likeness (QED) is 0.938. The van der Waals surface area contributed by atoms with Gasteiger partial charge in [-0.15, -0.1) is 0 Å². The van der Waals surface area contributed by atoms with Crippen molar-refractivity contribution in [2.24, 2.45) is 0 Å². The van der Waals surface area contributed by atoms with Gasteiger partial charge in [0.1, 0.15) is 5.82 Å². The lowest BCUT2D eigenvalue weighted by Crippen LogP contribution is -2.26. The molecule has 0 aliphatic rings. The van der Waals surface area contributed by atoms with Gasteiger partial charge in [0.05, 0.1) is 9.92 Å². The van der Waals surface area contributed by atoms with Gasteiger partial charge >= 0.3 is 0 Å². The van der Waals surface area contributed by atoms with Crippen molar-refractivity contribution in [1.29, 1.82) is 0 Å². The molecule has 0 aliphatic carbocycles. The molecular weight excluding hydrogens is 301 g/mol. The summed E-state index contributed by atoms with van der Waals surface area (Å²) in [6.07, 6.45) is 0. The highest BCUT2D eigenvalue weighted by Crippen LogP contribution is 2.21. The summed E-state index contributed by atoms with van der Waals surface area (Å²) in [6, 6.07) is 12.1. The summed E-state index contributed by atoms with van der Waals surface area (Å²) in [5.41, 5.74) is 0.837. The second-order valence-electron chi connectivity index (χ2n) is 4.33. The van der Waals surface area contributed by atoms with Crippen molar-refractivity contribution in [1.82, 2.24) is 4.72 Å². The molecule has 0 bridgehead atoms. The molecule has 2 rings (SSSR count). The van der Waals surface area contributed by atoms with Crippen LogP contribution in [0.15, 0.2) is 53.4 Å². The largest absolute Gasteiger partial charge is 0.241 e. The topological polar surface area (TPSA) is 46.2 Å². The van der Waals surface area contributed by atoms with Crippen LogP contribution in [0.5, 0.6) is 0 Å². The van der Waals surface area contributed by atoms with E-state index in [4.69, 9.17) is 11.6 Å². The van der Waals surface area contributed by atoms with E-state index in [1.807, 2.05) is 30.3 Å². The minimum absolute atomic E-state index is 0.0633. The third-order valence-corrected chi connectivity index (χ3v) is 4.66. The molecule has 0 radical (unpaired) electrons. The molecule has 2 aromatic rings. The van der Waals surface area contributed by atoms with E-state index in [2.05, 4.69) is 4.72 Å². The molecule has 0 aromatic heterocycles. The summed E-state index contributed by atoms with van der Waals surface area (Å²) in [5, 5.41) is -0.222. The minimum Gasteiger partial charge on any atom is -0.207 e. The summed E-state index contributed by atoms with van der Waals surface area (Å²) >= 11 is 5.61. The van der Waals surface area contributed by atoms with Gasteiger partial charge in [0, 0.05) is 6.04 Å². The number of rotatable bonds is 4. The molecule has 0 spiro atoms. The van der Waals surface area contributed by atoms with Gasteiger partial charge in [0.25, 0.3) is 0 Å². The Kier molecular flexibility index (Phi) is 4.42. The van der Waals surface area contributed by atoms with Crippen LogP contribution in [-0.2, 0) is 10.0 Å². The summed E-state index contributed by atoms with van der Waals surface area (Å²) in [5.74, 6) is -0.651. The monoisotopic (exact) mass is 313 g/mol. The van der Waals surface area contributed by atoms with Gasteiger partial charge in [0.15, 0.2) is 0 Å². The molecule has 0 saturated heterocycles. The Labute approximate surface area is 122 Å². The normalized spacial score (nSPS) is 13.2. The lowest BCUT2D eigenvalue weighted by atomic mass is 10.1. The molecule has 20 heavy (non-hydrogen) atoms. The Morgan fingerprint density at radius 3 is 2.40 bits per heavy atom. The van der Waals surface area contributed by atoms with Crippen LogP contribution in [-0.4, -0.2) is 8.42 Å². The van der Waals surface area contributed by atoms with Gasteiger partial charge in [-0.3, -0.25) is 0 Å². The van der Waals surface area contributed by atoms with Gasteiger partial charge in [-0.05, 0) is 30.7 Å². The number of hydrogen-bond donors (Lipinski definition) is 1. The first-order valence-corrected chi connectivity index (χ1v) is 7.78. The average molecular weight is 314 g/mol. The van der Waals surface area contributed by atoms with Crippen molar-refractivity contribution in [3.05, 3.63) is 64.9 Å². The SMILES string of the molecule is C[C@@H](NS(=O)(=O)c1ccc(F)c(Cl)c1)c1ccccc1. The van der Waals surface area contributed by atoms with Crippen LogP contribution in [0.4, 0.5) is 4.39 Å². The molecule has 1 N–H and O–H groups in total. The Morgan fingerprint density at radius 2 is 1.80 bits per heavy atom. The average Bonchev–Trinajstić information content (AvgIpc) is 2.42. The van der Waals surface area contributed by atoms with Crippen molar-refractivity contribution < 1.29 is 12.8 Å². The first kappa shape index (κ1) is 15.0. The Balaban J connectivity index is 2.25. The molecule has 1 atom stereocenters. The number of sulfonamides is 1. The molecule has 0 heterocycles. The minimum atomic E-state index is -3.75. The van der Waals surface area contributed by atoms with Crippen molar-refractivity contribution >= 4 is 21.6 Å². The zero-order chi connectivity index (χ0) is 14.8. The van der Waals surface area contributed by atoms with E-state index in [1.54, 1.807) is 6.92 Å². The fraction of sp³-hybridized carbons (Fsp3) is 0.143. The lowest BCUT2D eigenvalue weighted by Gasteiger charge is -2.14. The van der Waals surface area contributed by atoms with E-state index >= 15 is 0 Å². The van der Waals surface area contributed by atoms with Crippen molar-refractivity contribution in [2.75, 3.05) is 0 Å². The third-order valence-electron chi connectivity index (χ3n) is 2.83. The maximum atomic E-state index is 13.1. The molecule has 6 heteroatoms. The highest BCUT2D eigenvalue weighted by atomic mass is 35.5. The first-order chi connectivity index (χ1) is 9.40. The van der Waals surface area contributed by atoms with Crippen LogP contribution in [0.25, 0.3) is 0 Å². The number of hydrogen-bond acceptors (Lipinski definition) is 2. The van der Waals surface area contributed by atoms with Crippen LogP contribution in [0.2, 0.25) is 5.02 Å². The number of halogens is 2. The molecular formula is C14H13ClFNO2S. The summed E-state index contributed by atoms with van der Waals surface area (Å²) in [7, 11) is -3.75. The van der Waals surface area contributed by atoms with Gasteiger partial charge in [-0.1, -0.05) is 41.9 Å². The zero-order valence-corrected chi connectivity index (χ0v) is 12.2. The van der Waals surface area contributed by atoms with E-state index < -0.39 is 21.9 Å². The van der Waals surface area contributed by atoms with Crippen molar-refractivity contribution in [3.63, 3.8) is 0 Å². The fourth-order valence-corrected chi connectivity index (χ4v) is 3.26. The second-order valence-corrected chi connectivity index (χ2v) is 6.45. The van der Waals surface area contributed by atoms with Crippen LogP contribution in [0.1, 0.15) is 18.5 Å². The maximum Gasteiger partial charge on any atom is 0.241 e. The van der Waals surface area contributed by atoms with Crippen molar-refractivity contribution in [3.8, 4) is 0 Å². The molecule has 106 valence electrons. The summed E-state index contributed by atoms with van der Waals surface area (Å²) < 4.78 is 40.0. The molecule has 2 aromatic carbocycles. The molecule has 0 fully saturated rings.